The Hall–Kier alpha value is -0.480. The summed E-state index contributed by atoms with van der Waals surface area (Å²) < 4.78 is 0. The summed E-state index contributed by atoms with van der Waals surface area (Å²) in [4.78, 5) is 13.9. The van der Waals surface area contributed by atoms with E-state index >= 15 is 0 Å². The fourth-order valence-corrected chi connectivity index (χ4v) is 4.21. The summed E-state index contributed by atoms with van der Waals surface area (Å²) in [7, 11) is 0. The number of hydrogen-bond acceptors (Lipinski definition) is 3. The quantitative estimate of drug-likeness (QED) is 0.808. The minimum Gasteiger partial charge on any atom is -0.477 e. The van der Waals surface area contributed by atoms with Crippen LogP contribution in [-0.4, -0.2) is 16.8 Å². The average Bonchev–Trinajstić information content (AvgIpc) is 2.67. The molecule has 1 heterocycles. The summed E-state index contributed by atoms with van der Waals surface area (Å²) in [5, 5.41) is 9.05. The molecule has 1 N–H and O–H groups in total. The third kappa shape index (κ3) is 1.57. The second-order valence-electron chi connectivity index (χ2n) is 3.25. The second-order valence-corrected chi connectivity index (χ2v) is 5.63. The number of aryl methyl sites for hydroxylation is 1. The standard InChI is InChI=1S/C10H12O2S2/c1-2-13-8-6-4-3-5-7(6)14-9(8)10(11)12/h2-5H2,1H3,(H,11,12). The lowest BCUT2D eigenvalue weighted by atomic mass is 10.2. The number of aromatic carboxylic acids is 1. The van der Waals surface area contributed by atoms with Crippen LogP contribution in [0, 0.1) is 0 Å². The maximum Gasteiger partial charge on any atom is 0.347 e. The predicted octanol–water partition coefficient (Wildman–Crippen LogP) is 3.05. The van der Waals surface area contributed by atoms with E-state index in [1.165, 1.54) is 28.2 Å². The fourth-order valence-electron chi connectivity index (χ4n) is 1.81. The molecule has 0 bridgehead atoms. The third-order valence-electron chi connectivity index (χ3n) is 2.36. The van der Waals surface area contributed by atoms with Crippen LogP contribution in [0.2, 0.25) is 0 Å². The van der Waals surface area contributed by atoms with Gasteiger partial charge in [0.25, 0.3) is 0 Å². The van der Waals surface area contributed by atoms with Crippen LogP contribution in [0.5, 0.6) is 0 Å². The Kier molecular flexibility index (Phi) is 2.83. The zero-order valence-electron chi connectivity index (χ0n) is 8.00. The van der Waals surface area contributed by atoms with E-state index < -0.39 is 5.97 Å². The zero-order valence-corrected chi connectivity index (χ0v) is 9.63. The topological polar surface area (TPSA) is 37.3 Å². The van der Waals surface area contributed by atoms with Crippen molar-refractivity contribution in [3.63, 3.8) is 0 Å². The lowest BCUT2D eigenvalue weighted by Gasteiger charge is -2.00. The number of thioether (sulfide) groups is 1. The first-order chi connectivity index (χ1) is 6.74. The Morgan fingerprint density at radius 1 is 1.57 bits per heavy atom. The first-order valence-corrected chi connectivity index (χ1v) is 6.55. The summed E-state index contributed by atoms with van der Waals surface area (Å²) in [5.74, 6) is 0.184. The zero-order chi connectivity index (χ0) is 10.1. The van der Waals surface area contributed by atoms with Gasteiger partial charge in [0.2, 0.25) is 0 Å². The highest BCUT2D eigenvalue weighted by Gasteiger charge is 2.24. The van der Waals surface area contributed by atoms with Crippen molar-refractivity contribution >= 4 is 29.1 Å². The molecule has 0 atom stereocenters. The van der Waals surface area contributed by atoms with Gasteiger partial charge in [0.15, 0.2) is 0 Å². The number of carbonyl (C=O) groups is 1. The summed E-state index contributed by atoms with van der Waals surface area (Å²) in [6, 6.07) is 0. The van der Waals surface area contributed by atoms with Gasteiger partial charge in [-0.15, -0.1) is 23.1 Å². The Balaban J connectivity index is 2.45. The van der Waals surface area contributed by atoms with Gasteiger partial charge in [-0.25, -0.2) is 4.79 Å². The SMILES string of the molecule is CCSc1c(C(=O)O)sc2c1CCC2. The van der Waals surface area contributed by atoms with Crippen LogP contribution in [0.15, 0.2) is 4.90 Å². The van der Waals surface area contributed by atoms with E-state index in [0.29, 0.717) is 4.88 Å². The van der Waals surface area contributed by atoms with Gasteiger partial charge in [-0.05, 0) is 30.6 Å². The van der Waals surface area contributed by atoms with Gasteiger partial charge in [-0.2, -0.15) is 0 Å². The summed E-state index contributed by atoms with van der Waals surface area (Å²) >= 11 is 3.15. The third-order valence-corrected chi connectivity index (χ3v) is 4.79. The van der Waals surface area contributed by atoms with Crippen LogP contribution < -0.4 is 0 Å². The van der Waals surface area contributed by atoms with Crippen LogP contribution in [0.4, 0.5) is 0 Å². The molecule has 0 radical (unpaired) electrons. The van der Waals surface area contributed by atoms with Crippen LogP contribution in [0.3, 0.4) is 0 Å². The Morgan fingerprint density at radius 3 is 3.00 bits per heavy atom. The molecule has 0 unspecified atom stereocenters. The lowest BCUT2D eigenvalue weighted by Crippen LogP contribution is -1.95. The molecule has 0 spiro atoms. The van der Waals surface area contributed by atoms with Gasteiger partial charge in [0, 0.05) is 9.77 Å². The first kappa shape index (κ1) is 10.1. The van der Waals surface area contributed by atoms with Gasteiger partial charge >= 0.3 is 5.97 Å². The molecule has 0 saturated carbocycles. The van der Waals surface area contributed by atoms with E-state index in [2.05, 4.69) is 6.92 Å². The van der Waals surface area contributed by atoms with Crippen molar-refractivity contribution in [3.8, 4) is 0 Å². The van der Waals surface area contributed by atoms with E-state index in [4.69, 9.17) is 5.11 Å². The number of rotatable bonds is 3. The molecular weight excluding hydrogens is 216 g/mol. The Bertz CT molecular complexity index is 368. The van der Waals surface area contributed by atoms with Crippen molar-refractivity contribution in [1.29, 1.82) is 0 Å². The molecule has 0 saturated heterocycles. The van der Waals surface area contributed by atoms with E-state index in [0.717, 1.165) is 23.5 Å². The van der Waals surface area contributed by atoms with Crippen molar-refractivity contribution in [2.24, 2.45) is 0 Å². The highest BCUT2D eigenvalue weighted by molar-refractivity contribution is 7.99. The number of thiophene rings is 1. The van der Waals surface area contributed by atoms with E-state index in [-0.39, 0.29) is 0 Å². The van der Waals surface area contributed by atoms with Gasteiger partial charge in [0.05, 0.1) is 0 Å². The molecule has 0 aliphatic heterocycles. The molecular formula is C10H12O2S2. The summed E-state index contributed by atoms with van der Waals surface area (Å²) in [6.45, 7) is 2.06. The molecule has 4 heteroatoms. The second kappa shape index (κ2) is 3.95. The summed E-state index contributed by atoms with van der Waals surface area (Å²) in [5.41, 5.74) is 1.32. The minimum absolute atomic E-state index is 0.557. The maximum absolute atomic E-state index is 11.0. The van der Waals surface area contributed by atoms with E-state index in [9.17, 15) is 4.79 Å². The molecule has 1 aromatic heterocycles. The van der Waals surface area contributed by atoms with Crippen LogP contribution >= 0.6 is 23.1 Å². The number of hydrogen-bond donors (Lipinski definition) is 1. The lowest BCUT2D eigenvalue weighted by molar-refractivity contribution is 0.0698. The van der Waals surface area contributed by atoms with Gasteiger partial charge in [-0.3, -0.25) is 0 Å². The highest BCUT2D eigenvalue weighted by atomic mass is 32.2. The van der Waals surface area contributed by atoms with Crippen molar-refractivity contribution < 1.29 is 9.90 Å². The van der Waals surface area contributed by atoms with Crippen LogP contribution in [-0.2, 0) is 12.8 Å². The molecule has 2 rings (SSSR count). The molecule has 0 aromatic carbocycles. The van der Waals surface area contributed by atoms with Gasteiger partial charge in [-0.1, -0.05) is 6.92 Å². The van der Waals surface area contributed by atoms with Crippen molar-refractivity contribution in [2.75, 3.05) is 5.75 Å². The average molecular weight is 228 g/mol. The number of carboxylic acids is 1. The highest BCUT2D eigenvalue weighted by Crippen LogP contribution is 2.40. The smallest absolute Gasteiger partial charge is 0.347 e. The van der Waals surface area contributed by atoms with Crippen LogP contribution in [0.1, 0.15) is 33.5 Å². The number of carboxylic acid groups (broad SMARTS) is 1. The molecule has 14 heavy (non-hydrogen) atoms. The molecule has 76 valence electrons. The minimum atomic E-state index is -0.764. The Labute approximate surface area is 91.3 Å². The van der Waals surface area contributed by atoms with Crippen molar-refractivity contribution in [1.82, 2.24) is 0 Å². The largest absolute Gasteiger partial charge is 0.477 e. The fraction of sp³-hybridized carbons (Fsp3) is 0.500. The molecule has 1 aliphatic carbocycles. The predicted molar refractivity (Wildman–Crippen MR) is 59.7 cm³/mol. The first-order valence-electron chi connectivity index (χ1n) is 4.74. The maximum atomic E-state index is 11.0. The summed E-state index contributed by atoms with van der Waals surface area (Å²) in [6.07, 6.45) is 3.34. The van der Waals surface area contributed by atoms with Crippen molar-refractivity contribution in [2.45, 2.75) is 31.1 Å². The van der Waals surface area contributed by atoms with Gasteiger partial charge < -0.3 is 5.11 Å². The molecule has 1 aromatic rings. The van der Waals surface area contributed by atoms with E-state index in [1.807, 2.05) is 0 Å². The molecule has 2 nitrogen and oxygen atoms in total. The van der Waals surface area contributed by atoms with Crippen LogP contribution in [0.25, 0.3) is 0 Å². The molecule has 0 fully saturated rings. The van der Waals surface area contributed by atoms with Crippen molar-refractivity contribution in [3.05, 3.63) is 15.3 Å². The normalized spacial score (nSPS) is 14.4. The van der Waals surface area contributed by atoms with Gasteiger partial charge in [0.1, 0.15) is 4.88 Å². The monoisotopic (exact) mass is 228 g/mol. The molecule has 1 aliphatic rings. The Morgan fingerprint density at radius 2 is 2.36 bits per heavy atom. The number of fused-ring (bicyclic) bond motifs is 1. The van der Waals surface area contributed by atoms with E-state index in [1.54, 1.807) is 11.8 Å². The molecule has 0 amide bonds.